The number of nitrogen functional groups attached to an aromatic ring is 1. The van der Waals surface area contributed by atoms with E-state index in [0.717, 1.165) is 25.7 Å². The Balaban J connectivity index is 0.000000170. The number of aryl methyl sites for hydroxylation is 8. The minimum Gasteiger partial charge on any atom is -0.473 e. The number of nitrogens with one attached hydrogen (secondary N) is 3. The molecular weight excluding hydrogens is 1180 g/mol. The Morgan fingerprint density at radius 3 is 1.64 bits per heavy atom. The number of amides is 2. The molecule has 0 saturated carbocycles. The van der Waals surface area contributed by atoms with Crippen LogP contribution in [0.4, 0.5) is 21.1 Å². The number of hydrazine groups is 1. The van der Waals surface area contributed by atoms with Gasteiger partial charge in [0.05, 0.1) is 38.5 Å². The summed E-state index contributed by atoms with van der Waals surface area (Å²) < 4.78 is 55.0. The summed E-state index contributed by atoms with van der Waals surface area (Å²) in [6.07, 6.45) is 3.20. The largest absolute Gasteiger partial charge is 0.473 e. The molecule has 40 nitrogen and oxygen atoms in total. The van der Waals surface area contributed by atoms with Gasteiger partial charge in [0.25, 0.3) is 29.7 Å². The quantitative estimate of drug-likeness (QED) is 0.0231. The number of hydrogen-bond acceptors (Lipinski definition) is 30. The second kappa shape index (κ2) is 29.5. The predicted molar refractivity (Wildman–Crippen MR) is 289 cm³/mol. The molecule has 4 atom stereocenters. The lowest BCUT2D eigenvalue weighted by Gasteiger charge is -2.39. The molecule has 41 heteroatoms. The van der Waals surface area contributed by atoms with Crippen molar-refractivity contribution in [2.45, 2.75) is 131 Å². The molecule has 3 saturated heterocycles. The lowest BCUT2D eigenvalue weighted by Crippen LogP contribution is -2.49. The number of epoxide rings is 1. The van der Waals surface area contributed by atoms with Gasteiger partial charge in [-0.25, -0.2) is 67.2 Å². The summed E-state index contributed by atoms with van der Waals surface area (Å²) in [7, 11) is 0. The number of ether oxygens (including phenoxy) is 2. The van der Waals surface area contributed by atoms with Crippen molar-refractivity contribution < 1.29 is 66.2 Å². The van der Waals surface area contributed by atoms with Crippen LogP contribution in [0.5, 0.6) is 0 Å². The van der Waals surface area contributed by atoms with E-state index in [4.69, 9.17) is 54.4 Å². The van der Waals surface area contributed by atoms with Gasteiger partial charge < -0.3 is 53.1 Å². The Labute approximate surface area is 492 Å². The number of nitrogens with two attached hydrogens (primary N) is 2. The Kier molecular flexibility index (Phi) is 21.8. The van der Waals surface area contributed by atoms with Crippen LogP contribution in [0.3, 0.4) is 0 Å². The molecule has 3 aliphatic rings. The zero-order chi connectivity index (χ0) is 63.9. The molecule has 11 heterocycles. The van der Waals surface area contributed by atoms with Gasteiger partial charge in [0, 0.05) is 58.8 Å². The van der Waals surface area contributed by atoms with Crippen molar-refractivity contribution >= 4 is 29.9 Å². The van der Waals surface area contributed by atoms with Crippen LogP contribution in [0.2, 0.25) is 0 Å². The highest BCUT2D eigenvalue weighted by molar-refractivity contribution is 6.27. The molecule has 9 aromatic rings. The summed E-state index contributed by atoms with van der Waals surface area (Å²) in [6, 6.07) is 6.70. The molecule has 2 bridgehead atoms. The highest BCUT2D eigenvalue weighted by Crippen LogP contribution is 2.37. The van der Waals surface area contributed by atoms with E-state index in [1.165, 1.54) is 29.1 Å². The number of nitrogens with zero attached hydrogens (tertiary/aromatic N) is 19. The summed E-state index contributed by atoms with van der Waals surface area (Å²) >= 11 is 0. The van der Waals surface area contributed by atoms with Gasteiger partial charge in [-0.15, -0.1) is 0 Å². The Bertz CT molecular complexity index is 3910. The highest BCUT2D eigenvalue weighted by Gasteiger charge is 2.42. The lowest BCUT2D eigenvalue weighted by molar-refractivity contribution is -0.159. The first-order valence-electron chi connectivity index (χ1n) is 26.3. The predicted octanol–water partition coefficient (Wildman–Crippen LogP) is -0.772. The SMILES string of the molecule is Cc1nc(-n2c(C)n[nH]c2=O)no1.Cc1nc(-n2c(C)nn(CC(O)CN3C4CCC3CC(OCc3ccccc3F)C4)c2=O)no1.Cc1nc(-n2c(C)nn(CC3CO3)c2=O)no1.Cc1nc(N)no1.Cc1nc(NC(=O)NN)no1.O=C(O)C(=O)O. The summed E-state index contributed by atoms with van der Waals surface area (Å²) in [5, 5.41) is 60.0. The average Bonchev–Trinajstić information content (AvgIpc) is 2.96. The number of carboxylic acids is 2. The third-order valence-electron chi connectivity index (χ3n) is 12.5. The third kappa shape index (κ3) is 17.8. The number of H-pyrrole nitrogens is 1. The number of aliphatic carboxylic acids is 2. The van der Waals surface area contributed by atoms with Gasteiger partial charge in [0.15, 0.2) is 0 Å². The molecular formula is C47H61FN24O16. The molecule has 2 amide bonds. The molecule has 1 aromatic carbocycles. The Morgan fingerprint density at radius 2 is 1.20 bits per heavy atom. The Hall–Kier alpha value is -10.5. The number of carboxylic acid groups (broad SMARTS) is 2. The highest BCUT2D eigenvalue weighted by atomic mass is 19.1. The fourth-order valence-corrected chi connectivity index (χ4v) is 8.63. The van der Waals surface area contributed by atoms with Crippen LogP contribution in [-0.4, -0.2) is 176 Å². The van der Waals surface area contributed by atoms with E-state index in [9.17, 15) is 28.7 Å². The average molecular weight is 1240 g/mol. The number of aromatic nitrogens is 19. The summed E-state index contributed by atoms with van der Waals surface area (Å²) in [5.41, 5.74) is 6.42. The zero-order valence-corrected chi connectivity index (χ0v) is 48.2. The molecule has 3 aliphatic heterocycles. The van der Waals surface area contributed by atoms with Crippen molar-refractivity contribution in [3.05, 3.63) is 114 Å². The summed E-state index contributed by atoms with van der Waals surface area (Å²) in [5.74, 6) is 5.20. The number of aliphatic hydroxyl groups excluding tert-OH is 1. The summed E-state index contributed by atoms with van der Waals surface area (Å²) in [6.45, 7) is 15.3. The van der Waals surface area contributed by atoms with Gasteiger partial charge in [0.2, 0.25) is 29.5 Å². The van der Waals surface area contributed by atoms with Crippen molar-refractivity contribution in [2.24, 2.45) is 5.84 Å². The number of urea groups is 1. The fraction of sp³-hybridized carbons (Fsp3) is 0.468. The molecule has 0 aliphatic carbocycles. The van der Waals surface area contributed by atoms with Crippen LogP contribution in [-0.2, 0) is 38.8 Å². The normalized spacial score (nSPS) is 16.6. The van der Waals surface area contributed by atoms with E-state index in [-0.39, 0.29) is 72.3 Å². The van der Waals surface area contributed by atoms with E-state index in [0.29, 0.717) is 84.3 Å². The number of carbonyl (C=O) groups excluding carboxylic acids is 1. The number of aliphatic hydroxyl groups is 1. The second-order valence-corrected chi connectivity index (χ2v) is 19.2. The van der Waals surface area contributed by atoms with E-state index >= 15 is 0 Å². The molecule has 0 radical (unpaired) electrons. The van der Waals surface area contributed by atoms with Gasteiger partial charge in [-0.1, -0.05) is 18.2 Å². The van der Waals surface area contributed by atoms with Crippen molar-refractivity contribution in [3.8, 4) is 17.8 Å². The van der Waals surface area contributed by atoms with Crippen LogP contribution >= 0.6 is 0 Å². The zero-order valence-electron chi connectivity index (χ0n) is 48.2. The van der Waals surface area contributed by atoms with Crippen molar-refractivity contribution in [3.63, 3.8) is 0 Å². The Morgan fingerprint density at radius 1 is 0.705 bits per heavy atom. The van der Waals surface area contributed by atoms with Gasteiger partial charge in [-0.3, -0.25) is 15.6 Å². The minimum absolute atomic E-state index is 0.0740. The number of halogens is 1. The van der Waals surface area contributed by atoms with Crippen LogP contribution in [0.1, 0.15) is 78.2 Å². The van der Waals surface area contributed by atoms with Crippen molar-refractivity contribution in [1.29, 1.82) is 0 Å². The maximum atomic E-state index is 13.9. The molecule has 12 rings (SSSR count). The second-order valence-electron chi connectivity index (χ2n) is 19.2. The third-order valence-corrected chi connectivity index (χ3v) is 12.5. The molecule has 10 N–H and O–H groups in total. The van der Waals surface area contributed by atoms with E-state index in [2.05, 4.69) is 90.4 Å². The number of benzene rings is 1. The van der Waals surface area contributed by atoms with E-state index < -0.39 is 29.8 Å². The van der Waals surface area contributed by atoms with Crippen LogP contribution < -0.4 is 39.4 Å². The molecule has 472 valence electrons. The van der Waals surface area contributed by atoms with Gasteiger partial charge >= 0.3 is 35.0 Å². The van der Waals surface area contributed by atoms with Crippen LogP contribution in [0.25, 0.3) is 17.8 Å². The molecule has 4 unspecified atom stereocenters. The first-order chi connectivity index (χ1) is 41.9. The number of aromatic amines is 1. The summed E-state index contributed by atoms with van der Waals surface area (Å²) in [4.78, 5) is 86.4. The van der Waals surface area contributed by atoms with Gasteiger partial charge in [-0.2, -0.15) is 40.2 Å². The molecule has 8 aromatic heterocycles. The number of fused-ring (bicyclic) bond motifs is 2. The van der Waals surface area contributed by atoms with Gasteiger partial charge in [-0.05, 0) is 78.3 Å². The van der Waals surface area contributed by atoms with E-state index in [1.54, 1.807) is 67.5 Å². The standard InChI is InChI=1S/C23H29FN6O4.C9H11N5O3.C6H7N5O2.C4H7N5O2.C3H5N3O.C2H2O4/c1-14-26-29(23(32)30(14)22-25-15(2)34-27-22)12-19(31)11-28-17-7-8-18(28)10-20(9-17)33-13-16-5-3-4-6-21(16)24;1-5-11-13(3-7-4-16-7)9(15)14(5)8-10-6(2)17-12-8;1-3-8-9-6(12)11(3)5-7-4(2)13-10-5;1-2-6-3(9-11-2)7-4(10)8-5;1-2-5-3(4)6-7-2;3-1(4)2(5)6/h3-6,17-20,31H,7-13H2,1-2H3;7H,3-4H2,1-2H3;1-2H3,(H,9,12);5H2,1H3,(H2,7,8,9,10);1H3,(H2,4,6);(H,3,4)(H,5,6). The topological polar surface area (TPSA) is 538 Å². The minimum atomic E-state index is -1.82. The van der Waals surface area contributed by atoms with Crippen molar-refractivity contribution in [1.82, 2.24) is 104 Å². The number of anilines is 2. The number of piperidine rings is 1. The van der Waals surface area contributed by atoms with Crippen LogP contribution in [0.15, 0.2) is 61.3 Å². The number of hydrogen-bond donors (Lipinski definition) is 8. The molecule has 3 fully saturated rings. The van der Waals surface area contributed by atoms with E-state index in [1.807, 2.05) is 11.5 Å². The first kappa shape index (κ1) is 65.0. The smallest absolute Gasteiger partial charge is 0.414 e. The van der Waals surface area contributed by atoms with Crippen LogP contribution in [0, 0.1) is 61.2 Å². The lowest BCUT2D eigenvalue weighted by atomic mass is 9.99. The monoisotopic (exact) mass is 1240 g/mol. The fourth-order valence-electron chi connectivity index (χ4n) is 8.63. The molecule has 0 spiro atoms. The van der Waals surface area contributed by atoms with Gasteiger partial charge in [0.1, 0.15) is 29.4 Å². The maximum Gasteiger partial charge on any atom is 0.414 e. The first-order valence-corrected chi connectivity index (χ1v) is 26.3. The number of rotatable bonds is 13. The number of carbonyl (C=O) groups is 3. The maximum absolute atomic E-state index is 13.9. The van der Waals surface area contributed by atoms with Crippen molar-refractivity contribution in [2.75, 3.05) is 24.2 Å². The molecule has 88 heavy (non-hydrogen) atoms.